The molecule has 3 aromatic rings. The molecule has 8 nitrogen and oxygen atoms in total. The molecule has 0 heterocycles. The summed E-state index contributed by atoms with van der Waals surface area (Å²) in [4.78, 5) is 47.6. The Morgan fingerprint density at radius 3 is 1.97 bits per heavy atom. The highest BCUT2D eigenvalue weighted by atomic mass is 16.5. The lowest BCUT2D eigenvalue weighted by atomic mass is 9.87. The molecule has 0 aliphatic carbocycles. The zero-order chi connectivity index (χ0) is 28.4. The summed E-state index contributed by atoms with van der Waals surface area (Å²) >= 11 is 0. The summed E-state index contributed by atoms with van der Waals surface area (Å²) in [6, 6.07) is 21.5. The topological polar surface area (TPSA) is 111 Å². The maximum absolute atomic E-state index is 12.2. The lowest BCUT2D eigenvalue weighted by Crippen LogP contribution is -2.21. The SMILES string of the molecule is CC(=O)c1cccc(NC(=O)COC(=O)CCCC(=O)Nc2ccc(Oc3ccc(C(C)(C)C)cc3)cc2)c1. The van der Waals surface area contributed by atoms with E-state index in [2.05, 4.69) is 31.4 Å². The van der Waals surface area contributed by atoms with Crippen molar-refractivity contribution in [3.05, 3.63) is 83.9 Å². The second-order valence-corrected chi connectivity index (χ2v) is 10.1. The quantitative estimate of drug-likeness (QED) is 0.223. The molecule has 0 spiro atoms. The Bertz CT molecular complexity index is 1310. The molecule has 3 aromatic carbocycles. The van der Waals surface area contributed by atoms with E-state index in [0.717, 1.165) is 5.75 Å². The lowest BCUT2D eigenvalue weighted by molar-refractivity contribution is -0.147. The number of benzene rings is 3. The number of hydrogen-bond donors (Lipinski definition) is 2. The number of anilines is 2. The fourth-order valence-electron chi connectivity index (χ4n) is 3.61. The number of hydrogen-bond acceptors (Lipinski definition) is 6. The molecule has 0 atom stereocenters. The lowest BCUT2D eigenvalue weighted by Gasteiger charge is -2.19. The average molecular weight is 531 g/mol. The molecule has 2 N–H and O–H groups in total. The number of carbonyl (C=O) groups excluding carboxylic acids is 4. The van der Waals surface area contributed by atoms with Crippen LogP contribution in [-0.2, 0) is 24.5 Å². The first-order valence-corrected chi connectivity index (χ1v) is 12.7. The molecule has 0 aliphatic heterocycles. The van der Waals surface area contributed by atoms with E-state index in [9.17, 15) is 19.2 Å². The second kappa shape index (κ2) is 13.4. The second-order valence-electron chi connectivity index (χ2n) is 10.1. The van der Waals surface area contributed by atoms with Crippen LogP contribution in [0.25, 0.3) is 0 Å². The number of carbonyl (C=O) groups is 4. The van der Waals surface area contributed by atoms with Crippen LogP contribution in [0.1, 0.15) is 62.9 Å². The molecule has 0 fully saturated rings. The number of Topliss-reactive ketones (excluding diaryl/α,β-unsaturated/α-hetero) is 1. The Morgan fingerprint density at radius 2 is 1.36 bits per heavy atom. The molecule has 0 aromatic heterocycles. The summed E-state index contributed by atoms with van der Waals surface area (Å²) in [7, 11) is 0. The van der Waals surface area contributed by atoms with Gasteiger partial charge in [-0.1, -0.05) is 45.0 Å². The van der Waals surface area contributed by atoms with Crippen molar-refractivity contribution in [1.29, 1.82) is 0 Å². The van der Waals surface area contributed by atoms with Crippen molar-refractivity contribution in [2.45, 2.75) is 52.4 Å². The van der Waals surface area contributed by atoms with Gasteiger partial charge >= 0.3 is 5.97 Å². The van der Waals surface area contributed by atoms with Gasteiger partial charge in [0.1, 0.15) is 11.5 Å². The third-order valence-electron chi connectivity index (χ3n) is 5.80. The van der Waals surface area contributed by atoms with Gasteiger partial charge in [0.2, 0.25) is 5.91 Å². The first-order valence-electron chi connectivity index (χ1n) is 12.7. The maximum Gasteiger partial charge on any atom is 0.306 e. The minimum Gasteiger partial charge on any atom is -0.457 e. The molecule has 0 bridgehead atoms. The first kappa shape index (κ1) is 29.1. The van der Waals surface area contributed by atoms with Gasteiger partial charge in [-0.15, -0.1) is 0 Å². The number of amides is 2. The highest BCUT2D eigenvalue weighted by Gasteiger charge is 2.13. The van der Waals surface area contributed by atoms with Crippen LogP contribution in [0.4, 0.5) is 11.4 Å². The number of ketones is 1. The van der Waals surface area contributed by atoms with E-state index in [4.69, 9.17) is 9.47 Å². The van der Waals surface area contributed by atoms with Crippen LogP contribution in [0.2, 0.25) is 0 Å². The number of rotatable bonds is 11. The van der Waals surface area contributed by atoms with Gasteiger partial charge in [0.25, 0.3) is 5.91 Å². The molecule has 0 saturated heterocycles. The Balaban J connectivity index is 1.34. The molecule has 0 radical (unpaired) electrons. The molecular weight excluding hydrogens is 496 g/mol. The minimum atomic E-state index is -0.576. The van der Waals surface area contributed by atoms with Gasteiger partial charge in [-0.3, -0.25) is 19.2 Å². The standard InChI is InChI=1S/C31H34N2O6/c1-21(34)22-7-5-8-25(19-22)33-29(36)20-38-30(37)10-6-9-28(35)32-24-13-17-27(18-14-24)39-26-15-11-23(12-16-26)31(2,3)4/h5,7-8,11-19H,6,9-10,20H2,1-4H3,(H,32,35)(H,33,36). The minimum absolute atomic E-state index is 0.00129. The highest BCUT2D eigenvalue weighted by molar-refractivity contribution is 5.97. The largest absolute Gasteiger partial charge is 0.457 e. The fourth-order valence-corrected chi connectivity index (χ4v) is 3.61. The van der Waals surface area contributed by atoms with Gasteiger partial charge in [0, 0.05) is 29.8 Å². The van der Waals surface area contributed by atoms with E-state index in [1.807, 2.05) is 24.3 Å². The van der Waals surface area contributed by atoms with Crippen molar-refractivity contribution in [3.8, 4) is 11.5 Å². The molecule has 0 unspecified atom stereocenters. The molecule has 0 aliphatic rings. The van der Waals surface area contributed by atoms with Crippen molar-refractivity contribution in [2.75, 3.05) is 17.2 Å². The monoisotopic (exact) mass is 530 g/mol. The van der Waals surface area contributed by atoms with Crippen LogP contribution in [-0.4, -0.2) is 30.2 Å². The predicted octanol–water partition coefficient (Wildman–Crippen LogP) is 6.27. The summed E-state index contributed by atoms with van der Waals surface area (Å²) in [5, 5.41) is 5.36. The van der Waals surface area contributed by atoms with Crippen LogP contribution in [0, 0.1) is 0 Å². The van der Waals surface area contributed by atoms with Crippen molar-refractivity contribution < 1.29 is 28.7 Å². The predicted molar refractivity (Wildman–Crippen MR) is 150 cm³/mol. The molecule has 39 heavy (non-hydrogen) atoms. The van der Waals surface area contributed by atoms with E-state index in [1.54, 1.807) is 48.5 Å². The molecule has 2 amide bonds. The first-order chi connectivity index (χ1) is 18.5. The molecule has 0 saturated carbocycles. The highest BCUT2D eigenvalue weighted by Crippen LogP contribution is 2.27. The number of nitrogens with one attached hydrogen (secondary N) is 2. The van der Waals surface area contributed by atoms with E-state index < -0.39 is 18.5 Å². The van der Waals surface area contributed by atoms with E-state index in [-0.39, 0.29) is 36.4 Å². The summed E-state index contributed by atoms with van der Waals surface area (Å²) in [6.45, 7) is 7.45. The van der Waals surface area contributed by atoms with Gasteiger partial charge in [0.15, 0.2) is 12.4 Å². The normalized spacial score (nSPS) is 10.9. The Hall–Kier alpha value is -4.46. The van der Waals surface area contributed by atoms with Crippen LogP contribution >= 0.6 is 0 Å². The van der Waals surface area contributed by atoms with Gasteiger partial charge < -0.3 is 20.1 Å². The van der Waals surface area contributed by atoms with Crippen molar-refractivity contribution in [1.82, 2.24) is 0 Å². The fraction of sp³-hybridized carbons (Fsp3) is 0.290. The van der Waals surface area contributed by atoms with E-state index >= 15 is 0 Å². The van der Waals surface area contributed by atoms with Crippen molar-refractivity contribution in [3.63, 3.8) is 0 Å². The van der Waals surface area contributed by atoms with Crippen molar-refractivity contribution >= 4 is 34.9 Å². The van der Waals surface area contributed by atoms with Crippen LogP contribution in [0.3, 0.4) is 0 Å². The Kier molecular flexibility index (Phi) is 9.98. The number of esters is 1. The third kappa shape index (κ3) is 9.74. The zero-order valence-corrected chi connectivity index (χ0v) is 22.7. The van der Waals surface area contributed by atoms with Gasteiger partial charge in [0.05, 0.1) is 0 Å². The molecule has 3 rings (SSSR count). The van der Waals surface area contributed by atoms with Crippen molar-refractivity contribution in [2.24, 2.45) is 0 Å². The van der Waals surface area contributed by atoms with Crippen LogP contribution < -0.4 is 15.4 Å². The summed E-state index contributed by atoms with van der Waals surface area (Å²) in [5.74, 6) is -0.0764. The molecular formula is C31H34N2O6. The van der Waals surface area contributed by atoms with Crippen LogP contribution in [0.5, 0.6) is 11.5 Å². The van der Waals surface area contributed by atoms with Gasteiger partial charge in [-0.2, -0.15) is 0 Å². The average Bonchev–Trinajstić information content (AvgIpc) is 2.88. The van der Waals surface area contributed by atoms with Crippen LogP contribution in [0.15, 0.2) is 72.8 Å². The summed E-state index contributed by atoms with van der Waals surface area (Å²) in [5.41, 5.74) is 2.81. The summed E-state index contributed by atoms with van der Waals surface area (Å²) in [6.07, 6.45) is 0.400. The van der Waals surface area contributed by atoms with E-state index in [1.165, 1.54) is 12.5 Å². The zero-order valence-electron chi connectivity index (χ0n) is 22.7. The summed E-state index contributed by atoms with van der Waals surface area (Å²) < 4.78 is 10.9. The van der Waals surface area contributed by atoms with E-state index in [0.29, 0.717) is 22.7 Å². The third-order valence-corrected chi connectivity index (χ3v) is 5.80. The van der Waals surface area contributed by atoms with Gasteiger partial charge in [-0.25, -0.2) is 0 Å². The Labute approximate surface area is 228 Å². The molecule has 204 valence electrons. The smallest absolute Gasteiger partial charge is 0.306 e. The maximum atomic E-state index is 12.2. The van der Waals surface area contributed by atoms with Gasteiger partial charge in [-0.05, 0) is 72.9 Å². The Morgan fingerprint density at radius 1 is 0.744 bits per heavy atom. The molecule has 8 heteroatoms. The number of ether oxygens (including phenoxy) is 2.